The van der Waals surface area contributed by atoms with Crippen LogP contribution in [0.1, 0.15) is 13.3 Å². The molecule has 1 aliphatic rings. The number of ether oxygens (including phenoxy) is 1. The maximum absolute atomic E-state index is 12.0. The molecule has 0 aromatic rings. The molecule has 0 aliphatic carbocycles. The normalized spacial score (nSPS) is 23.3. The molecule has 110 valence electrons. The summed E-state index contributed by atoms with van der Waals surface area (Å²) >= 11 is 0. The largest absolute Gasteiger partial charge is 0.469 e. The summed E-state index contributed by atoms with van der Waals surface area (Å²) < 4.78 is 40.6. The molecule has 1 heterocycles. The molecular formula is C11H17F3N2O3. The summed E-state index contributed by atoms with van der Waals surface area (Å²) in [6.45, 7) is 0.842. The van der Waals surface area contributed by atoms with Gasteiger partial charge in [0.05, 0.1) is 13.0 Å². The number of nitrogens with zero attached hydrogens (tertiary/aromatic N) is 1. The van der Waals surface area contributed by atoms with E-state index in [9.17, 15) is 22.8 Å². The highest BCUT2D eigenvalue weighted by atomic mass is 19.4. The number of hydrogen-bond donors (Lipinski definition) is 1. The molecule has 1 rings (SSSR count). The van der Waals surface area contributed by atoms with E-state index < -0.39 is 30.6 Å². The highest BCUT2D eigenvalue weighted by Crippen LogP contribution is 2.27. The predicted molar refractivity (Wildman–Crippen MR) is 60.3 cm³/mol. The van der Waals surface area contributed by atoms with E-state index in [4.69, 9.17) is 0 Å². The molecule has 1 aliphatic heterocycles. The van der Waals surface area contributed by atoms with Gasteiger partial charge >= 0.3 is 18.2 Å². The Hall–Kier alpha value is -1.47. The van der Waals surface area contributed by atoms with Gasteiger partial charge in [0.25, 0.3) is 0 Å². The Bertz CT molecular complexity index is 347. The Labute approximate surface area is 109 Å². The molecular weight excluding hydrogens is 265 g/mol. The monoisotopic (exact) mass is 282 g/mol. The minimum absolute atomic E-state index is 0.0795. The molecule has 0 radical (unpaired) electrons. The Balaban J connectivity index is 2.57. The second kappa shape index (κ2) is 6.12. The van der Waals surface area contributed by atoms with Crippen LogP contribution in [0.25, 0.3) is 0 Å². The Morgan fingerprint density at radius 3 is 2.47 bits per heavy atom. The number of nitrogens with one attached hydrogen (secondary N) is 1. The summed E-state index contributed by atoms with van der Waals surface area (Å²) in [4.78, 5) is 24.3. The van der Waals surface area contributed by atoms with E-state index >= 15 is 0 Å². The lowest BCUT2D eigenvalue weighted by molar-refractivity contribution is -0.146. The lowest BCUT2D eigenvalue weighted by Gasteiger charge is -2.17. The molecule has 1 unspecified atom stereocenters. The number of methoxy groups -OCH3 is 1. The molecule has 19 heavy (non-hydrogen) atoms. The fourth-order valence-electron chi connectivity index (χ4n) is 2.16. The number of halogens is 3. The van der Waals surface area contributed by atoms with Gasteiger partial charge in [-0.15, -0.1) is 0 Å². The first kappa shape index (κ1) is 15.6. The van der Waals surface area contributed by atoms with Gasteiger partial charge in [0.1, 0.15) is 6.54 Å². The molecule has 2 atom stereocenters. The number of likely N-dealkylation sites (tertiary alicyclic amines) is 1. The first-order valence-electron chi connectivity index (χ1n) is 5.95. The third-order valence-electron chi connectivity index (χ3n) is 3.20. The van der Waals surface area contributed by atoms with Crippen LogP contribution >= 0.6 is 0 Å². The van der Waals surface area contributed by atoms with E-state index in [2.05, 4.69) is 4.74 Å². The van der Waals surface area contributed by atoms with Crippen molar-refractivity contribution in [3.05, 3.63) is 0 Å². The van der Waals surface area contributed by atoms with E-state index in [1.165, 1.54) is 12.0 Å². The summed E-state index contributed by atoms with van der Waals surface area (Å²) in [5, 5.41) is 1.80. The summed E-state index contributed by atoms with van der Waals surface area (Å²) in [6.07, 6.45) is -3.79. The fraction of sp³-hybridized carbons (Fsp3) is 0.818. The molecule has 0 saturated carbocycles. The third kappa shape index (κ3) is 4.29. The lowest BCUT2D eigenvalue weighted by atomic mass is 9.94. The van der Waals surface area contributed by atoms with Crippen LogP contribution in [0.4, 0.5) is 18.0 Å². The quantitative estimate of drug-likeness (QED) is 0.796. The second-order valence-corrected chi connectivity index (χ2v) is 4.48. The lowest BCUT2D eigenvalue weighted by Crippen LogP contribution is -2.43. The first-order valence-corrected chi connectivity index (χ1v) is 5.95. The molecule has 2 amide bonds. The van der Waals surface area contributed by atoms with E-state index in [-0.39, 0.29) is 19.0 Å². The molecule has 1 fully saturated rings. The predicted octanol–water partition coefficient (Wildman–Crippen LogP) is 1.39. The van der Waals surface area contributed by atoms with Gasteiger partial charge in [-0.25, -0.2) is 4.79 Å². The van der Waals surface area contributed by atoms with Crippen molar-refractivity contribution in [2.75, 3.05) is 26.7 Å². The minimum atomic E-state index is -4.44. The standard InChI is InChI=1S/C11H17F3N2O3/c1-3-7-4-16(5-8(7)9(17)19-2)10(18)15-6-11(12,13)14/h7-8H,3-6H2,1-2H3,(H,15,18)/t7-,8?/m1/s1. The van der Waals surface area contributed by atoms with Crippen LogP contribution in [-0.4, -0.2) is 49.8 Å². The van der Waals surface area contributed by atoms with Gasteiger partial charge in [-0.3, -0.25) is 4.79 Å². The van der Waals surface area contributed by atoms with Crippen molar-refractivity contribution in [2.24, 2.45) is 11.8 Å². The number of esters is 1. The van der Waals surface area contributed by atoms with E-state index in [1.54, 1.807) is 5.32 Å². The number of alkyl halides is 3. The van der Waals surface area contributed by atoms with Gasteiger partial charge in [-0.2, -0.15) is 13.2 Å². The topological polar surface area (TPSA) is 58.6 Å². The maximum atomic E-state index is 12.0. The summed E-state index contributed by atoms with van der Waals surface area (Å²) in [5.74, 6) is -0.978. The number of rotatable bonds is 3. The molecule has 0 aromatic carbocycles. The summed E-state index contributed by atoms with van der Waals surface area (Å²) in [6, 6.07) is -0.804. The van der Waals surface area contributed by atoms with E-state index in [1.807, 2.05) is 6.92 Å². The maximum Gasteiger partial charge on any atom is 0.405 e. The van der Waals surface area contributed by atoms with Crippen LogP contribution in [0, 0.1) is 11.8 Å². The van der Waals surface area contributed by atoms with Crippen molar-refractivity contribution in [1.29, 1.82) is 0 Å². The van der Waals surface area contributed by atoms with Crippen LogP contribution in [0.2, 0.25) is 0 Å². The molecule has 1 saturated heterocycles. The van der Waals surface area contributed by atoms with Crippen LogP contribution in [0.5, 0.6) is 0 Å². The van der Waals surface area contributed by atoms with Crippen molar-refractivity contribution < 1.29 is 27.5 Å². The zero-order valence-electron chi connectivity index (χ0n) is 10.8. The molecule has 0 spiro atoms. The van der Waals surface area contributed by atoms with Crippen molar-refractivity contribution in [1.82, 2.24) is 10.2 Å². The van der Waals surface area contributed by atoms with Crippen LogP contribution < -0.4 is 5.32 Å². The number of carbonyl (C=O) groups is 2. The molecule has 1 N–H and O–H groups in total. The van der Waals surface area contributed by atoms with E-state index in [0.29, 0.717) is 6.42 Å². The molecule has 0 aromatic heterocycles. The van der Waals surface area contributed by atoms with Crippen LogP contribution in [0.3, 0.4) is 0 Å². The Morgan fingerprint density at radius 2 is 2.00 bits per heavy atom. The van der Waals surface area contributed by atoms with Gasteiger partial charge in [0.15, 0.2) is 0 Å². The van der Waals surface area contributed by atoms with Gasteiger partial charge in [-0.1, -0.05) is 13.3 Å². The average Bonchev–Trinajstić information content (AvgIpc) is 2.78. The highest BCUT2D eigenvalue weighted by Gasteiger charge is 2.40. The van der Waals surface area contributed by atoms with Gasteiger partial charge in [0, 0.05) is 13.1 Å². The van der Waals surface area contributed by atoms with Gasteiger partial charge < -0.3 is 15.0 Å². The summed E-state index contributed by atoms with van der Waals surface area (Å²) in [7, 11) is 1.25. The van der Waals surface area contributed by atoms with Crippen molar-refractivity contribution >= 4 is 12.0 Å². The SMILES string of the molecule is CC[C@@H]1CN(C(=O)NCC(F)(F)F)CC1C(=O)OC. The average molecular weight is 282 g/mol. The number of carbonyl (C=O) groups excluding carboxylic acids is 2. The molecule has 8 heteroatoms. The van der Waals surface area contributed by atoms with Crippen molar-refractivity contribution in [3.63, 3.8) is 0 Å². The first-order chi connectivity index (χ1) is 8.78. The summed E-state index contributed by atoms with van der Waals surface area (Å²) in [5.41, 5.74) is 0. The number of amides is 2. The molecule has 5 nitrogen and oxygen atoms in total. The van der Waals surface area contributed by atoms with Gasteiger partial charge in [-0.05, 0) is 5.92 Å². The van der Waals surface area contributed by atoms with Crippen molar-refractivity contribution in [2.45, 2.75) is 19.5 Å². The van der Waals surface area contributed by atoms with Crippen LogP contribution in [-0.2, 0) is 9.53 Å². The van der Waals surface area contributed by atoms with Gasteiger partial charge in [0.2, 0.25) is 0 Å². The second-order valence-electron chi connectivity index (χ2n) is 4.48. The number of hydrogen-bond acceptors (Lipinski definition) is 3. The molecule has 0 bridgehead atoms. The van der Waals surface area contributed by atoms with Crippen LogP contribution in [0.15, 0.2) is 0 Å². The Kier molecular flexibility index (Phi) is 5.02. The third-order valence-corrected chi connectivity index (χ3v) is 3.20. The minimum Gasteiger partial charge on any atom is -0.469 e. The number of urea groups is 1. The smallest absolute Gasteiger partial charge is 0.405 e. The highest BCUT2D eigenvalue weighted by molar-refractivity contribution is 5.78. The van der Waals surface area contributed by atoms with Crippen molar-refractivity contribution in [3.8, 4) is 0 Å². The fourth-order valence-corrected chi connectivity index (χ4v) is 2.16. The van der Waals surface area contributed by atoms with E-state index in [0.717, 1.165) is 0 Å². The Morgan fingerprint density at radius 1 is 1.37 bits per heavy atom. The zero-order chi connectivity index (χ0) is 14.6. The zero-order valence-corrected chi connectivity index (χ0v) is 10.8.